The first-order valence-corrected chi connectivity index (χ1v) is 14.2. The Hall–Kier alpha value is -4.06. The molecule has 9 nitrogen and oxygen atoms in total. The van der Waals surface area contributed by atoms with Gasteiger partial charge in [-0.25, -0.2) is 4.79 Å². The van der Waals surface area contributed by atoms with E-state index >= 15 is 0 Å². The average Bonchev–Trinajstić information content (AvgIpc) is 2.97. The minimum atomic E-state index is -0.795. The Morgan fingerprint density at radius 3 is 2.37 bits per heavy atom. The van der Waals surface area contributed by atoms with Crippen molar-refractivity contribution in [1.82, 2.24) is 10.2 Å². The third kappa shape index (κ3) is 7.37. The van der Waals surface area contributed by atoms with Gasteiger partial charge in [-0.05, 0) is 83.0 Å². The summed E-state index contributed by atoms with van der Waals surface area (Å²) in [6.07, 6.45) is 2.29. The van der Waals surface area contributed by atoms with Gasteiger partial charge in [-0.2, -0.15) is 0 Å². The highest BCUT2D eigenvalue weighted by Gasteiger charge is 2.36. The number of rotatable bonds is 12. The first-order chi connectivity index (χ1) is 19.8. The standard InChI is InChI=1S/C31H31IN2O7/c1-4-13-40-25-12-11-21(16-26(25)38-3)18-34-30(36)23(29(35)33-31(34)37)14-22-15-24(32)28(27(17-22)39-5-2)41-19-20-9-7-6-8-10-20/h6-12,14-17H,4-5,13,18-19H2,1-3H3,(H,33,35,37)/b23-14+. The molecule has 3 aromatic rings. The van der Waals surface area contributed by atoms with E-state index in [4.69, 9.17) is 18.9 Å². The summed E-state index contributed by atoms with van der Waals surface area (Å²) >= 11 is 2.13. The Bertz CT molecular complexity index is 1460. The number of hydrogen-bond donors (Lipinski definition) is 1. The second-order valence-electron chi connectivity index (χ2n) is 9.08. The Morgan fingerprint density at radius 2 is 1.66 bits per heavy atom. The second kappa shape index (κ2) is 14.0. The molecule has 0 radical (unpaired) electrons. The lowest BCUT2D eigenvalue weighted by Gasteiger charge is -2.26. The number of hydrogen-bond acceptors (Lipinski definition) is 7. The van der Waals surface area contributed by atoms with Crippen LogP contribution in [0.2, 0.25) is 0 Å². The second-order valence-corrected chi connectivity index (χ2v) is 10.2. The predicted octanol–water partition coefficient (Wildman–Crippen LogP) is 5.73. The van der Waals surface area contributed by atoms with Gasteiger partial charge in [0.15, 0.2) is 23.0 Å². The molecule has 214 valence electrons. The van der Waals surface area contributed by atoms with Crippen molar-refractivity contribution in [2.45, 2.75) is 33.4 Å². The number of halogens is 1. The van der Waals surface area contributed by atoms with Gasteiger partial charge in [0.05, 0.1) is 30.4 Å². The molecule has 0 aromatic heterocycles. The van der Waals surface area contributed by atoms with Gasteiger partial charge < -0.3 is 18.9 Å². The number of methoxy groups -OCH3 is 1. The quantitative estimate of drug-likeness (QED) is 0.149. The fourth-order valence-electron chi connectivity index (χ4n) is 4.13. The summed E-state index contributed by atoms with van der Waals surface area (Å²) in [7, 11) is 1.52. The SMILES string of the molecule is CCCOc1ccc(CN2C(=O)NC(=O)/C(=C\c3cc(I)c(OCc4ccccc4)c(OCC)c3)C2=O)cc1OC. The maximum atomic E-state index is 13.4. The van der Waals surface area contributed by atoms with Crippen LogP contribution >= 0.6 is 22.6 Å². The maximum absolute atomic E-state index is 13.4. The van der Waals surface area contributed by atoms with Gasteiger partial charge in [-0.3, -0.25) is 19.8 Å². The van der Waals surface area contributed by atoms with Crippen molar-refractivity contribution in [3.05, 3.63) is 86.5 Å². The van der Waals surface area contributed by atoms with Crippen LogP contribution in [-0.4, -0.2) is 43.1 Å². The molecule has 1 aliphatic rings. The molecule has 0 atom stereocenters. The average molecular weight is 670 g/mol. The Morgan fingerprint density at radius 1 is 0.878 bits per heavy atom. The molecule has 1 N–H and O–H groups in total. The minimum Gasteiger partial charge on any atom is -0.493 e. The summed E-state index contributed by atoms with van der Waals surface area (Å²) in [5.74, 6) is 0.626. The summed E-state index contributed by atoms with van der Waals surface area (Å²) in [6.45, 7) is 5.08. The molecular weight excluding hydrogens is 639 g/mol. The van der Waals surface area contributed by atoms with E-state index in [0.717, 1.165) is 20.5 Å². The highest BCUT2D eigenvalue weighted by molar-refractivity contribution is 14.1. The Balaban J connectivity index is 1.59. The third-order valence-electron chi connectivity index (χ3n) is 6.08. The maximum Gasteiger partial charge on any atom is 0.331 e. The third-order valence-corrected chi connectivity index (χ3v) is 6.89. The zero-order valence-electron chi connectivity index (χ0n) is 23.1. The minimum absolute atomic E-state index is 0.0618. The molecule has 0 bridgehead atoms. The van der Waals surface area contributed by atoms with Gasteiger partial charge in [0.2, 0.25) is 0 Å². The van der Waals surface area contributed by atoms with E-state index in [1.54, 1.807) is 30.3 Å². The molecule has 1 saturated heterocycles. The largest absolute Gasteiger partial charge is 0.493 e. The number of amides is 4. The van der Waals surface area contributed by atoms with Gasteiger partial charge in [-0.15, -0.1) is 0 Å². The van der Waals surface area contributed by atoms with Gasteiger partial charge in [0, 0.05) is 0 Å². The molecule has 1 fully saturated rings. The van der Waals surface area contributed by atoms with Crippen molar-refractivity contribution in [3.63, 3.8) is 0 Å². The van der Waals surface area contributed by atoms with Crippen LogP contribution in [0.5, 0.6) is 23.0 Å². The van der Waals surface area contributed by atoms with Crippen molar-refractivity contribution < 1.29 is 33.3 Å². The summed E-state index contributed by atoms with van der Waals surface area (Å²) in [5.41, 5.74) is 2.02. The van der Waals surface area contributed by atoms with E-state index < -0.39 is 17.8 Å². The van der Waals surface area contributed by atoms with Crippen molar-refractivity contribution in [1.29, 1.82) is 0 Å². The van der Waals surface area contributed by atoms with Crippen LogP contribution in [0.4, 0.5) is 4.79 Å². The highest BCUT2D eigenvalue weighted by Crippen LogP contribution is 2.36. The number of urea groups is 1. The van der Waals surface area contributed by atoms with Crippen LogP contribution in [0, 0.1) is 3.57 Å². The number of barbiturate groups is 1. The summed E-state index contributed by atoms with van der Waals surface area (Å²) in [4.78, 5) is 39.8. The summed E-state index contributed by atoms with van der Waals surface area (Å²) < 4.78 is 23.7. The van der Waals surface area contributed by atoms with Crippen molar-refractivity contribution in [3.8, 4) is 23.0 Å². The van der Waals surface area contributed by atoms with E-state index in [1.807, 2.05) is 44.2 Å². The molecule has 41 heavy (non-hydrogen) atoms. The number of carbonyl (C=O) groups excluding carboxylic acids is 3. The smallest absolute Gasteiger partial charge is 0.331 e. The van der Waals surface area contributed by atoms with E-state index in [1.165, 1.54) is 13.2 Å². The molecule has 1 aliphatic heterocycles. The monoisotopic (exact) mass is 670 g/mol. The number of benzene rings is 3. The van der Waals surface area contributed by atoms with Crippen LogP contribution in [0.1, 0.15) is 37.0 Å². The number of ether oxygens (including phenoxy) is 4. The molecule has 4 amide bonds. The van der Waals surface area contributed by atoms with Crippen LogP contribution in [-0.2, 0) is 22.7 Å². The first-order valence-electron chi connectivity index (χ1n) is 13.2. The molecule has 0 spiro atoms. The van der Waals surface area contributed by atoms with E-state index in [9.17, 15) is 14.4 Å². The molecule has 0 aliphatic carbocycles. The van der Waals surface area contributed by atoms with Crippen molar-refractivity contribution in [2.24, 2.45) is 0 Å². The van der Waals surface area contributed by atoms with E-state index in [2.05, 4.69) is 27.9 Å². The lowest BCUT2D eigenvalue weighted by Crippen LogP contribution is -2.53. The molecule has 1 heterocycles. The van der Waals surface area contributed by atoms with Crippen molar-refractivity contribution in [2.75, 3.05) is 20.3 Å². The lowest BCUT2D eigenvalue weighted by atomic mass is 10.1. The summed E-state index contributed by atoms with van der Waals surface area (Å²) in [6, 6.07) is 17.6. The molecular formula is C31H31IN2O7. The van der Waals surface area contributed by atoms with Crippen LogP contribution in [0.3, 0.4) is 0 Å². The first kappa shape index (κ1) is 29.9. The lowest BCUT2D eigenvalue weighted by molar-refractivity contribution is -0.130. The molecule has 3 aromatic carbocycles. The van der Waals surface area contributed by atoms with Gasteiger partial charge in [-0.1, -0.05) is 43.3 Å². The van der Waals surface area contributed by atoms with Crippen LogP contribution in [0.15, 0.2) is 66.2 Å². The van der Waals surface area contributed by atoms with E-state index in [-0.39, 0.29) is 12.1 Å². The number of imide groups is 2. The molecule has 0 unspecified atom stereocenters. The number of nitrogens with zero attached hydrogens (tertiary/aromatic N) is 1. The van der Waals surface area contributed by atoms with Gasteiger partial charge in [0.25, 0.3) is 11.8 Å². The molecule has 4 rings (SSSR count). The van der Waals surface area contributed by atoms with Gasteiger partial charge in [0.1, 0.15) is 12.2 Å². The topological polar surface area (TPSA) is 103 Å². The number of carbonyl (C=O) groups is 3. The van der Waals surface area contributed by atoms with Gasteiger partial charge >= 0.3 is 6.03 Å². The Labute approximate surface area is 252 Å². The molecule has 10 heteroatoms. The van der Waals surface area contributed by atoms with Crippen LogP contribution < -0.4 is 24.3 Å². The fourth-order valence-corrected chi connectivity index (χ4v) is 4.91. The highest BCUT2D eigenvalue weighted by atomic mass is 127. The zero-order valence-corrected chi connectivity index (χ0v) is 25.2. The zero-order chi connectivity index (χ0) is 29.4. The summed E-state index contributed by atoms with van der Waals surface area (Å²) in [5, 5.41) is 2.27. The van der Waals surface area contributed by atoms with Crippen molar-refractivity contribution >= 4 is 46.5 Å². The normalized spacial score (nSPS) is 14.2. The molecule has 0 saturated carbocycles. The van der Waals surface area contributed by atoms with Crippen LogP contribution in [0.25, 0.3) is 6.08 Å². The fraction of sp³-hybridized carbons (Fsp3) is 0.258. The van der Waals surface area contributed by atoms with E-state index in [0.29, 0.717) is 53.9 Å². The Kier molecular flexibility index (Phi) is 10.2. The predicted molar refractivity (Wildman–Crippen MR) is 162 cm³/mol. The number of nitrogens with one attached hydrogen (secondary N) is 1.